The molecule has 0 amide bonds. The van der Waals surface area contributed by atoms with Crippen molar-refractivity contribution in [2.24, 2.45) is 5.16 Å². The summed E-state index contributed by atoms with van der Waals surface area (Å²) in [5.41, 5.74) is 1.26. The van der Waals surface area contributed by atoms with E-state index in [1.54, 1.807) is 0 Å². The summed E-state index contributed by atoms with van der Waals surface area (Å²) in [6.45, 7) is 0. The number of nitrogens with zero attached hydrogens (tertiary/aromatic N) is 1. The number of aryl methyl sites for hydroxylation is 1. The fourth-order valence-electron chi connectivity index (χ4n) is 2.65. The molecule has 0 atom stereocenters. The molecule has 0 spiro atoms. The summed E-state index contributed by atoms with van der Waals surface area (Å²) in [6.07, 6.45) is 1.63. The van der Waals surface area contributed by atoms with Gasteiger partial charge in [-0.05, 0) is 36.2 Å². The minimum atomic E-state index is -1.37. The highest BCUT2D eigenvalue weighted by Gasteiger charge is 2.46. The van der Waals surface area contributed by atoms with E-state index in [-0.39, 0.29) is 0 Å². The van der Waals surface area contributed by atoms with Gasteiger partial charge in [0.1, 0.15) is 16.5 Å². The maximum atomic E-state index is 6.05. The van der Waals surface area contributed by atoms with Crippen molar-refractivity contribution in [3.8, 4) is 11.5 Å². The Bertz CT molecular complexity index is 844. The lowest BCUT2D eigenvalue weighted by molar-refractivity contribution is -0.226. The molecule has 0 N–H and O–H groups in total. The minimum Gasteiger partial charge on any atom is -0.410 e. The molecule has 0 saturated heterocycles. The standard InChI is InChI=1S/C22H19NO3S/c1-4-10-18(11-5-1)16-17-21-23-26-22(27-21,24-19-12-6-2-7-13-19)25-20-14-8-3-9-15-20/h1-15H,16-17H2. The molecule has 1 heterocycles. The van der Waals surface area contributed by atoms with Crippen LogP contribution in [-0.2, 0) is 11.3 Å². The van der Waals surface area contributed by atoms with Gasteiger partial charge in [-0.1, -0.05) is 71.9 Å². The van der Waals surface area contributed by atoms with Gasteiger partial charge in [-0.25, -0.2) is 0 Å². The first kappa shape index (κ1) is 17.5. The van der Waals surface area contributed by atoms with Gasteiger partial charge in [0.15, 0.2) is 0 Å². The largest absolute Gasteiger partial charge is 0.500 e. The Morgan fingerprint density at radius 3 is 1.78 bits per heavy atom. The lowest BCUT2D eigenvalue weighted by Crippen LogP contribution is -2.39. The maximum absolute atomic E-state index is 6.05. The van der Waals surface area contributed by atoms with Crippen molar-refractivity contribution < 1.29 is 14.3 Å². The minimum absolute atomic E-state index is 0.653. The van der Waals surface area contributed by atoms with Crippen molar-refractivity contribution in [1.29, 1.82) is 0 Å². The molecule has 0 unspecified atom stereocenters. The second-order valence-corrected chi connectivity index (χ2v) is 7.17. The van der Waals surface area contributed by atoms with Gasteiger partial charge in [0.05, 0.1) is 0 Å². The maximum Gasteiger partial charge on any atom is 0.500 e. The van der Waals surface area contributed by atoms with Crippen molar-refractivity contribution in [3.05, 3.63) is 96.6 Å². The molecule has 3 aromatic rings. The molecule has 5 heteroatoms. The zero-order valence-corrected chi connectivity index (χ0v) is 15.5. The van der Waals surface area contributed by atoms with Crippen molar-refractivity contribution >= 4 is 16.8 Å². The highest BCUT2D eigenvalue weighted by Crippen LogP contribution is 2.39. The molecule has 0 aliphatic carbocycles. The van der Waals surface area contributed by atoms with Gasteiger partial charge in [-0.2, -0.15) is 0 Å². The summed E-state index contributed by atoms with van der Waals surface area (Å²) in [4.78, 5) is 5.66. The molecule has 4 rings (SSSR count). The molecule has 1 aliphatic rings. The SMILES string of the molecule is c1ccc(CCC2=NOC(Oc3ccccc3)(Oc3ccccc3)S2)cc1. The van der Waals surface area contributed by atoms with E-state index in [0.29, 0.717) is 11.5 Å². The van der Waals surface area contributed by atoms with Crippen LogP contribution in [0.4, 0.5) is 0 Å². The van der Waals surface area contributed by atoms with Crippen molar-refractivity contribution in [1.82, 2.24) is 0 Å². The van der Waals surface area contributed by atoms with Crippen molar-refractivity contribution in [2.45, 2.75) is 18.1 Å². The number of benzene rings is 3. The third kappa shape index (κ3) is 4.63. The molecule has 27 heavy (non-hydrogen) atoms. The third-order valence-electron chi connectivity index (χ3n) is 3.94. The van der Waals surface area contributed by atoms with E-state index in [4.69, 9.17) is 14.3 Å². The summed E-state index contributed by atoms with van der Waals surface area (Å²) in [5.74, 6) is 1.31. The summed E-state index contributed by atoms with van der Waals surface area (Å²) in [5, 5.41) is 3.70. The van der Waals surface area contributed by atoms with E-state index < -0.39 is 5.31 Å². The van der Waals surface area contributed by atoms with Gasteiger partial charge in [-0.3, -0.25) is 4.84 Å². The highest BCUT2D eigenvalue weighted by molar-refractivity contribution is 8.14. The number of thioether (sulfide) groups is 1. The molecule has 0 radical (unpaired) electrons. The smallest absolute Gasteiger partial charge is 0.410 e. The van der Waals surface area contributed by atoms with Gasteiger partial charge in [0.25, 0.3) is 0 Å². The van der Waals surface area contributed by atoms with Crippen LogP contribution in [-0.4, -0.2) is 10.3 Å². The molecule has 0 bridgehead atoms. The van der Waals surface area contributed by atoms with E-state index in [0.717, 1.165) is 17.9 Å². The van der Waals surface area contributed by atoms with Crippen LogP contribution >= 0.6 is 11.8 Å². The van der Waals surface area contributed by atoms with Crippen LogP contribution in [0, 0.1) is 0 Å². The Morgan fingerprint density at radius 2 is 1.22 bits per heavy atom. The van der Waals surface area contributed by atoms with Crippen LogP contribution in [0.15, 0.2) is 96.2 Å². The van der Waals surface area contributed by atoms with Crippen LogP contribution in [0.5, 0.6) is 11.5 Å². The lowest BCUT2D eigenvalue weighted by atomic mass is 10.1. The quantitative estimate of drug-likeness (QED) is 0.512. The second-order valence-electron chi connectivity index (χ2n) is 5.99. The first-order chi connectivity index (χ1) is 13.3. The van der Waals surface area contributed by atoms with Gasteiger partial charge in [0.2, 0.25) is 0 Å². The fourth-order valence-corrected chi connectivity index (χ4v) is 3.56. The second kappa shape index (κ2) is 8.18. The van der Waals surface area contributed by atoms with E-state index in [2.05, 4.69) is 17.3 Å². The molecule has 1 aliphatic heterocycles. The van der Waals surface area contributed by atoms with Crippen LogP contribution in [0.25, 0.3) is 0 Å². The predicted molar refractivity (Wildman–Crippen MR) is 108 cm³/mol. The van der Waals surface area contributed by atoms with Crippen LogP contribution < -0.4 is 9.47 Å². The molecule has 0 fully saturated rings. The molecular formula is C22H19NO3S. The van der Waals surface area contributed by atoms with Gasteiger partial charge >= 0.3 is 5.31 Å². The van der Waals surface area contributed by atoms with Gasteiger partial charge in [0, 0.05) is 18.2 Å². The van der Waals surface area contributed by atoms with Crippen molar-refractivity contribution in [3.63, 3.8) is 0 Å². The average molecular weight is 377 g/mol. The molecule has 0 aromatic heterocycles. The van der Waals surface area contributed by atoms with E-state index in [1.807, 2.05) is 78.9 Å². The number of rotatable bonds is 7. The number of hydrogen-bond donors (Lipinski definition) is 0. The van der Waals surface area contributed by atoms with Crippen LogP contribution in [0.3, 0.4) is 0 Å². The molecule has 136 valence electrons. The number of hydrogen-bond acceptors (Lipinski definition) is 5. The Labute approximate surface area is 162 Å². The summed E-state index contributed by atoms with van der Waals surface area (Å²) < 4.78 is 12.1. The van der Waals surface area contributed by atoms with Gasteiger partial charge < -0.3 is 9.47 Å². The zero-order valence-electron chi connectivity index (χ0n) is 14.7. The fraction of sp³-hybridized carbons (Fsp3) is 0.136. The van der Waals surface area contributed by atoms with Crippen LogP contribution in [0.1, 0.15) is 12.0 Å². The third-order valence-corrected chi connectivity index (χ3v) is 4.95. The average Bonchev–Trinajstić information content (AvgIpc) is 3.11. The van der Waals surface area contributed by atoms with Gasteiger partial charge in [-0.15, -0.1) is 0 Å². The Kier molecular flexibility index (Phi) is 5.30. The predicted octanol–water partition coefficient (Wildman–Crippen LogP) is 5.47. The van der Waals surface area contributed by atoms with E-state index in [9.17, 15) is 0 Å². The first-order valence-corrected chi connectivity index (χ1v) is 9.59. The van der Waals surface area contributed by atoms with E-state index >= 15 is 0 Å². The number of para-hydroxylation sites is 2. The Morgan fingerprint density at radius 1 is 0.704 bits per heavy atom. The molecule has 0 saturated carbocycles. The highest BCUT2D eigenvalue weighted by atomic mass is 32.2. The van der Waals surface area contributed by atoms with Crippen molar-refractivity contribution in [2.75, 3.05) is 0 Å². The first-order valence-electron chi connectivity index (χ1n) is 8.77. The van der Waals surface area contributed by atoms with Crippen LogP contribution in [0.2, 0.25) is 0 Å². The summed E-state index contributed by atoms with van der Waals surface area (Å²) >= 11 is 1.35. The molecule has 3 aromatic carbocycles. The topological polar surface area (TPSA) is 40.0 Å². The van der Waals surface area contributed by atoms with E-state index in [1.165, 1.54) is 17.3 Å². The molecular weight excluding hydrogens is 358 g/mol. The number of oxime groups is 1. The molecule has 4 nitrogen and oxygen atoms in total. The summed E-state index contributed by atoms with van der Waals surface area (Å²) in [6, 6.07) is 29.2. The normalized spacial score (nSPS) is 14.9. The number of ether oxygens (including phenoxy) is 2. The lowest BCUT2D eigenvalue weighted by Gasteiger charge is -2.26. The summed E-state index contributed by atoms with van der Waals surface area (Å²) in [7, 11) is 0. The Hall–Kier alpha value is -2.92. The zero-order chi connectivity index (χ0) is 18.4. The Balaban J connectivity index is 1.48. The monoisotopic (exact) mass is 377 g/mol.